The summed E-state index contributed by atoms with van der Waals surface area (Å²) >= 11 is 1.43. The van der Waals surface area contributed by atoms with E-state index >= 15 is 0 Å². The Hall–Kier alpha value is -1.15. The van der Waals surface area contributed by atoms with Crippen LogP contribution in [0.15, 0.2) is 5.16 Å². The molecule has 3 rings (SSSR count). The summed E-state index contributed by atoms with van der Waals surface area (Å²) in [7, 11) is 0. The SMILES string of the molecule is O=C(CSc1nnnn1CCNC1CC1)N1CCCC1. The number of hydrogen-bond acceptors (Lipinski definition) is 6. The molecule has 1 aliphatic carbocycles. The number of carbonyl (C=O) groups is 1. The van der Waals surface area contributed by atoms with Gasteiger partial charge < -0.3 is 10.2 Å². The summed E-state index contributed by atoms with van der Waals surface area (Å²) in [4.78, 5) is 13.9. The number of aromatic nitrogens is 4. The molecule has 0 unspecified atom stereocenters. The van der Waals surface area contributed by atoms with Crippen molar-refractivity contribution >= 4 is 17.7 Å². The van der Waals surface area contributed by atoms with Crippen LogP contribution in [0, 0.1) is 0 Å². The fraction of sp³-hybridized carbons (Fsp3) is 0.833. The first-order valence-corrected chi connectivity index (χ1v) is 8.21. The zero-order chi connectivity index (χ0) is 13.8. The normalized spacial score (nSPS) is 18.7. The van der Waals surface area contributed by atoms with Crippen molar-refractivity contribution in [2.75, 3.05) is 25.4 Å². The molecular weight excluding hydrogens is 276 g/mol. The lowest BCUT2D eigenvalue weighted by molar-refractivity contribution is -0.127. The van der Waals surface area contributed by atoms with Crippen LogP contribution >= 0.6 is 11.8 Å². The molecule has 1 amide bonds. The molecule has 0 spiro atoms. The molecule has 1 aromatic rings. The average molecular weight is 296 g/mol. The van der Waals surface area contributed by atoms with Crippen LogP contribution in [0.3, 0.4) is 0 Å². The van der Waals surface area contributed by atoms with Gasteiger partial charge in [0.2, 0.25) is 11.1 Å². The maximum Gasteiger partial charge on any atom is 0.233 e. The minimum Gasteiger partial charge on any atom is -0.342 e. The van der Waals surface area contributed by atoms with Crippen molar-refractivity contribution in [2.45, 2.75) is 43.4 Å². The van der Waals surface area contributed by atoms with Gasteiger partial charge >= 0.3 is 0 Å². The second-order valence-corrected chi connectivity index (χ2v) is 6.23. The number of carbonyl (C=O) groups excluding carboxylic acids is 1. The Labute approximate surface area is 122 Å². The number of hydrogen-bond donors (Lipinski definition) is 1. The predicted molar refractivity (Wildman–Crippen MR) is 75.4 cm³/mol. The standard InChI is InChI=1S/C12H20N6OS/c19-11(17-6-1-2-7-17)9-20-12-14-15-16-18(12)8-5-13-10-3-4-10/h10,13H,1-9H2. The number of rotatable bonds is 7. The van der Waals surface area contributed by atoms with E-state index in [1.807, 2.05) is 4.90 Å². The third-order valence-electron chi connectivity index (χ3n) is 3.62. The average Bonchev–Trinajstić information content (AvgIpc) is 2.94. The van der Waals surface area contributed by atoms with Crippen molar-refractivity contribution in [1.29, 1.82) is 0 Å². The van der Waals surface area contributed by atoms with E-state index in [4.69, 9.17) is 0 Å². The van der Waals surface area contributed by atoms with Crippen molar-refractivity contribution in [3.8, 4) is 0 Å². The first kappa shape index (κ1) is 13.8. The lowest BCUT2D eigenvalue weighted by Crippen LogP contribution is -2.29. The highest BCUT2D eigenvalue weighted by atomic mass is 32.2. The van der Waals surface area contributed by atoms with E-state index in [1.54, 1.807) is 4.68 Å². The third kappa shape index (κ3) is 3.69. The lowest BCUT2D eigenvalue weighted by Gasteiger charge is -2.14. The highest BCUT2D eigenvalue weighted by molar-refractivity contribution is 7.99. The zero-order valence-corrected chi connectivity index (χ0v) is 12.3. The van der Waals surface area contributed by atoms with E-state index in [1.165, 1.54) is 24.6 Å². The van der Waals surface area contributed by atoms with Crippen LogP contribution < -0.4 is 5.32 Å². The summed E-state index contributed by atoms with van der Waals surface area (Å²) in [6.45, 7) is 3.43. The van der Waals surface area contributed by atoms with Gasteiger partial charge in [-0.05, 0) is 36.1 Å². The molecule has 1 saturated heterocycles. The van der Waals surface area contributed by atoms with Crippen molar-refractivity contribution in [3.63, 3.8) is 0 Å². The van der Waals surface area contributed by atoms with Crippen molar-refractivity contribution in [3.05, 3.63) is 0 Å². The van der Waals surface area contributed by atoms with Crippen LogP contribution in [-0.2, 0) is 11.3 Å². The second-order valence-electron chi connectivity index (χ2n) is 5.29. The Kier molecular flexibility index (Phi) is 4.51. The summed E-state index contributed by atoms with van der Waals surface area (Å²) in [5.41, 5.74) is 0. The van der Waals surface area contributed by atoms with Gasteiger partial charge in [0.25, 0.3) is 0 Å². The quantitative estimate of drug-likeness (QED) is 0.721. The van der Waals surface area contributed by atoms with Gasteiger partial charge in [-0.2, -0.15) is 0 Å². The second kappa shape index (κ2) is 6.53. The van der Waals surface area contributed by atoms with Crippen molar-refractivity contribution in [2.24, 2.45) is 0 Å². The number of tetrazole rings is 1. The molecule has 110 valence electrons. The van der Waals surface area contributed by atoms with E-state index in [2.05, 4.69) is 20.8 Å². The van der Waals surface area contributed by atoms with Crippen LogP contribution in [0.5, 0.6) is 0 Å². The van der Waals surface area contributed by atoms with Crippen LogP contribution in [0.4, 0.5) is 0 Å². The molecule has 2 fully saturated rings. The topological polar surface area (TPSA) is 75.9 Å². The summed E-state index contributed by atoms with van der Waals surface area (Å²) < 4.78 is 1.78. The molecule has 1 saturated carbocycles. The van der Waals surface area contributed by atoms with E-state index in [0.717, 1.165) is 44.2 Å². The van der Waals surface area contributed by atoms with Gasteiger partial charge in [0.05, 0.1) is 12.3 Å². The lowest BCUT2D eigenvalue weighted by atomic mass is 10.4. The molecule has 1 aliphatic heterocycles. The summed E-state index contributed by atoms with van der Waals surface area (Å²) in [5, 5.41) is 15.8. The van der Waals surface area contributed by atoms with Crippen LogP contribution in [-0.4, -0.2) is 62.4 Å². The van der Waals surface area contributed by atoms with Crippen LogP contribution in [0.2, 0.25) is 0 Å². The van der Waals surface area contributed by atoms with E-state index in [9.17, 15) is 4.79 Å². The first-order chi connectivity index (χ1) is 9.83. The predicted octanol–water partition coefficient (Wildman–Crippen LogP) is 0.140. The molecule has 2 aliphatic rings. The fourth-order valence-corrected chi connectivity index (χ4v) is 3.09. The largest absolute Gasteiger partial charge is 0.342 e. The zero-order valence-electron chi connectivity index (χ0n) is 11.5. The van der Waals surface area contributed by atoms with E-state index in [-0.39, 0.29) is 5.91 Å². The molecular formula is C12H20N6OS. The molecule has 20 heavy (non-hydrogen) atoms. The smallest absolute Gasteiger partial charge is 0.233 e. The van der Waals surface area contributed by atoms with Gasteiger partial charge in [-0.3, -0.25) is 4.79 Å². The van der Waals surface area contributed by atoms with Crippen LogP contribution in [0.1, 0.15) is 25.7 Å². The van der Waals surface area contributed by atoms with Gasteiger partial charge in [0.1, 0.15) is 0 Å². The minimum absolute atomic E-state index is 0.193. The molecule has 7 nitrogen and oxygen atoms in total. The number of nitrogens with zero attached hydrogens (tertiary/aromatic N) is 5. The van der Waals surface area contributed by atoms with Gasteiger partial charge in [0.15, 0.2) is 0 Å². The number of amides is 1. The number of nitrogens with one attached hydrogen (secondary N) is 1. The number of thioether (sulfide) groups is 1. The monoisotopic (exact) mass is 296 g/mol. The Morgan fingerprint density at radius 1 is 1.35 bits per heavy atom. The summed E-state index contributed by atoms with van der Waals surface area (Å²) in [5.74, 6) is 0.620. The van der Waals surface area contributed by atoms with Crippen molar-refractivity contribution < 1.29 is 4.79 Å². The number of likely N-dealkylation sites (tertiary alicyclic amines) is 1. The molecule has 2 heterocycles. The molecule has 0 aromatic carbocycles. The van der Waals surface area contributed by atoms with Crippen molar-refractivity contribution in [1.82, 2.24) is 30.4 Å². The maximum atomic E-state index is 12.0. The van der Waals surface area contributed by atoms with Gasteiger partial charge in [-0.1, -0.05) is 11.8 Å². The summed E-state index contributed by atoms with van der Waals surface area (Å²) in [6.07, 6.45) is 4.81. The van der Waals surface area contributed by atoms with Crippen LogP contribution in [0.25, 0.3) is 0 Å². The van der Waals surface area contributed by atoms with E-state index < -0.39 is 0 Å². The third-order valence-corrected chi connectivity index (χ3v) is 4.56. The first-order valence-electron chi connectivity index (χ1n) is 7.23. The molecule has 0 radical (unpaired) electrons. The Morgan fingerprint density at radius 2 is 2.15 bits per heavy atom. The minimum atomic E-state index is 0.193. The fourth-order valence-electron chi connectivity index (χ4n) is 2.29. The summed E-state index contributed by atoms with van der Waals surface area (Å²) in [6, 6.07) is 0.694. The highest BCUT2D eigenvalue weighted by Crippen LogP contribution is 2.19. The Balaban J connectivity index is 1.44. The molecule has 1 N–H and O–H groups in total. The molecule has 8 heteroatoms. The highest BCUT2D eigenvalue weighted by Gasteiger charge is 2.21. The molecule has 1 aromatic heterocycles. The molecule has 0 atom stereocenters. The molecule has 0 bridgehead atoms. The van der Waals surface area contributed by atoms with Gasteiger partial charge in [-0.15, -0.1) is 5.10 Å². The van der Waals surface area contributed by atoms with E-state index in [0.29, 0.717) is 11.8 Å². The maximum absolute atomic E-state index is 12.0. The Bertz CT molecular complexity index is 455. The Morgan fingerprint density at radius 3 is 2.90 bits per heavy atom. The van der Waals surface area contributed by atoms with Gasteiger partial charge in [0, 0.05) is 25.7 Å². The van der Waals surface area contributed by atoms with Gasteiger partial charge in [-0.25, -0.2) is 4.68 Å².